The predicted molar refractivity (Wildman–Crippen MR) is 83.6 cm³/mol. The highest BCUT2D eigenvalue weighted by atomic mass is 16.6. The second-order valence-corrected chi connectivity index (χ2v) is 5.14. The summed E-state index contributed by atoms with van der Waals surface area (Å²) in [6.07, 6.45) is 0.127. The number of Topliss-reactive ketones (excluding diaryl/α,β-unsaturated/α-hetero) is 1. The van der Waals surface area contributed by atoms with Crippen LogP contribution in [-0.4, -0.2) is 49.1 Å². The molecule has 0 bridgehead atoms. The van der Waals surface area contributed by atoms with Gasteiger partial charge in [0.2, 0.25) is 0 Å². The minimum Gasteiger partial charge on any atom is -0.490 e. The Labute approximate surface area is 130 Å². The van der Waals surface area contributed by atoms with E-state index in [1.54, 1.807) is 23.1 Å². The molecule has 1 aliphatic heterocycles. The molecule has 1 heterocycles. The fourth-order valence-electron chi connectivity index (χ4n) is 2.07. The molecule has 2 amide bonds. The summed E-state index contributed by atoms with van der Waals surface area (Å²) in [5.74, 6) is 0.412. The first kappa shape index (κ1) is 16.3. The van der Waals surface area contributed by atoms with Crippen molar-refractivity contribution in [1.82, 2.24) is 4.90 Å². The van der Waals surface area contributed by atoms with Crippen molar-refractivity contribution in [1.29, 1.82) is 0 Å². The molecule has 0 radical (unpaired) electrons. The van der Waals surface area contributed by atoms with Gasteiger partial charge in [-0.15, -0.1) is 0 Å². The molecule has 0 aromatic heterocycles. The first-order valence-corrected chi connectivity index (χ1v) is 7.50. The molecule has 1 aromatic carbocycles. The summed E-state index contributed by atoms with van der Waals surface area (Å²) in [5, 5.41) is 2.80. The Morgan fingerprint density at radius 1 is 1.36 bits per heavy atom. The van der Waals surface area contributed by atoms with Crippen LogP contribution in [0.5, 0.6) is 5.75 Å². The minimum absolute atomic E-state index is 0.106. The highest BCUT2D eigenvalue weighted by Gasteiger charge is 2.24. The molecular weight excluding hydrogens is 284 g/mol. The van der Waals surface area contributed by atoms with Crippen LogP contribution < -0.4 is 10.1 Å². The fraction of sp³-hybridized carbons (Fsp3) is 0.500. The van der Waals surface area contributed by atoms with Crippen LogP contribution in [0.25, 0.3) is 0 Å². The molecule has 0 unspecified atom stereocenters. The first-order chi connectivity index (χ1) is 10.5. The number of hydrogen-bond acceptors (Lipinski definition) is 4. The minimum atomic E-state index is -0.181. The van der Waals surface area contributed by atoms with Gasteiger partial charge in [-0.2, -0.15) is 0 Å². The lowest BCUT2D eigenvalue weighted by molar-refractivity contribution is 0.101. The van der Waals surface area contributed by atoms with E-state index in [1.807, 2.05) is 13.8 Å². The maximum absolute atomic E-state index is 12.0. The Balaban J connectivity index is 2.10. The van der Waals surface area contributed by atoms with Gasteiger partial charge in [0.05, 0.1) is 12.2 Å². The first-order valence-electron chi connectivity index (χ1n) is 7.50. The van der Waals surface area contributed by atoms with Crippen molar-refractivity contribution in [2.24, 2.45) is 0 Å². The van der Waals surface area contributed by atoms with Crippen LogP contribution in [0.4, 0.5) is 10.5 Å². The zero-order valence-electron chi connectivity index (χ0n) is 13.2. The highest BCUT2D eigenvalue weighted by Crippen LogP contribution is 2.25. The molecule has 2 rings (SSSR count). The molecule has 1 N–H and O–H groups in total. The van der Waals surface area contributed by atoms with Gasteiger partial charge in [0.15, 0.2) is 5.78 Å². The molecule has 0 spiro atoms. The Bertz CT molecular complexity index is 551. The molecule has 120 valence electrons. The van der Waals surface area contributed by atoms with E-state index in [4.69, 9.17) is 9.47 Å². The van der Waals surface area contributed by atoms with E-state index in [2.05, 4.69) is 5.32 Å². The van der Waals surface area contributed by atoms with Gasteiger partial charge in [0, 0.05) is 18.8 Å². The Morgan fingerprint density at radius 3 is 2.59 bits per heavy atom. The zero-order valence-corrected chi connectivity index (χ0v) is 13.2. The standard InChI is InChI=1S/C16H22N2O4/c1-4-18(5-2)16(20)17-12-6-7-15(14(8-12)11(3)19)22-10-13-9-21-13/h6-8,13H,4-5,9-10H2,1-3H3,(H,17,20)/t13-/m0/s1. The van der Waals surface area contributed by atoms with Crippen molar-refractivity contribution in [3.63, 3.8) is 0 Å². The molecule has 1 saturated heterocycles. The van der Waals surface area contributed by atoms with Gasteiger partial charge in [-0.3, -0.25) is 4.79 Å². The number of nitrogens with one attached hydrogen (secondary N) is 1. The van der Waals surface area contributed by atoms with Crippen LogP contribution in [0.15, 0.2) is 18.2 Å². The third-order valence-electron chi connectivity index (χ3n) is 3.49. The molecule has 1 aliphatic rings. The molecular formula is C16H22N2O4. The van der Waals surface area contributed by atoms with Crippen LogP contribution >= 0.6 is 0 Å². The molecule has 6 heteroatoms. The number of ketones is 1. The van der Waals surface area contributed by atoms with Crippen LogP contribution in [0.3, 0.4) is 0 Å². The SMILES string of the molecule is CCN(CC)C(=O)Nc1ccc(OC[C@@H]2CO2)c(C(C)=O)c1. The number of benzene rings is 1. The summed E-state index contributed by atoms with van der Waals surface area (Å²) in [6.45, 7) is 7.71. The average molecular weight is 306 g/mol. The Morgan fingerprint density at radius 2 is 2.05 bits per heavy atom. The van der Waals surface area contributed by atoms with Gasteiger partial charge in [-0.05, 0) is 39.0 Å². The Hall–Kier alpha value is -2.08. The summed E-state index contributed by atoms with van der Waals surface area (Å²) < 4.78 is 10.7. The highest BCUT2D eigenvalue weighted by molar-refractivity contribution is 5.99. The fourth-order valence-corrected chi connectivity index (χ4v) is 2.07. The summed E-state index contributed by atoms with van der Waals surface area (Å²) in [7, 11) is 0. The number of epoxide rings is 1. The number of carbonyl (C=O) groups excluding carboxylic acids is 2. The normalized spacial score (nSPS) is 16.0. The lowest BCUT2D eigenvalue weighted by atomic mass is 10.1. The number of anilines is 1. The number of carbonyl (C=O) groups is 2. The number of rotatable bonds is 7. The van der Waals surface area contributed by atoms with Gasteiger partial charge >= 0.3 is 6.03 Å². The van der Waals surface area contributed by atoms with Crippen molar-refractivity contribution >= 4 is 17.5 Å². The van der Waals surface area contributed by atoms with Crippen molar-refractivity contribution in [3.05, 3.63) is 23.8 Å². The molecule has 22 heavy (non-hydrogen) atoms. The lowest BCUT2D eigenvalue weighted by Gasteiger charge is -2.19. The quantitative estimate of drug-likeness (QED) is 0.621. The number of ether oxygens (including phenoxy) is 2. The maximum Gasteiger partial charge on any atom is 0.321 e. The Kier molecular flexibility index (Phi) is 5.38. The van der Waals surface area contributed by atoms with Crippen molar-refractivity contribution < 1.29 is 19.1 Å². The average Bonchev–Trinajstić information content (AvgIpc) is 3.31. The second kappa shape index (κ2) is 7.26. The third-order valence-corrected chi connectivity index (χ3v) is 3.49. The number of hydrogen-bond donors (Lipinski definition) is 1. The number of nitrogens with zero attached hydrogens (tertiary/aromatic N) is 1. The van der Waals surface area contributed by atoms with Gasteiger partial charge in [-0.25, -0.2) is 4.79 Å². The van der Waals surface area contributed by atoms with Crippen LogP contribution in [0, 0.1) is 0 Å². The van der Waals surface area contributed by atoms with E-state index in [-0.39, 0.29) is 17.9 Å². The smallest absolute Gasteiger partial charge is 0.321 e. The maximum atomic E-state index is 12.0. The van der Waals surface area contributed by atoms with Crippen LogP contribution in [0.2, 0.25) is 0 Å². The second-order valence-electron chi connectivity index (χ2n) is 5.14. The molecule has 0 saturated carbocycles. The lowest BCUT2D eigenvalue weighted by Crippen LogP contribution is -2.34. The number of urea groups is 1. The van der Waals surface area contributed by atoms with E-state index in [9.17, 15) is 9.59 Å². The molecule has 0 aliphatic carbocycles. The van der Waals surface area contributed by atoms with Gasteiger partial charge in [-0.1, -0.05) is 0 Å². The zero-order chi connectivity index (χ0) is 16.1. The van der Waals surface area contributed by atoms with E-state index < -0.39 is 0 Å². The summed E-state index contributed by atoms with van der Waals surface area (Å²) in [5.41, 5.74) is 1.04. The molecule has 6 nitrogen and oxygen atoms in total. The van der Waals surface area contributed by atoms with Crippen LogP contribution in [0.1, 0.15) is 31.1 Å². The topological polar surface area (TPSA) is 71.2 Å². The van der Waals surface area contributed by atoms with Crippen molar-refractivity contribution in [2.45, 2.75) is 26.9 Å². The summed E-state index contributed by atoms with van der Waals surface area (Å²) in [4.78, 5) is 25.5. The monoisotopic (exact) mass is 306 g/mol. The predicted octanol–water partition coefficient (Wildman–Crippen LogP) is 2.54. The van der Waals surface area contributed by atoms with Gasteiger partial charge in [0.1, 0.15) is 18.5 Å². The van der Waals surface area contributed by atoms with E-state index in [1.165, 1.54) is 6.92 Å². The van der Waals surface area contributed by atoms with Crippen molar-refractivity contribution in [3.8, 4) is 5.75 Å². The van der Waals surface area contributed by atoms with Crippen LogP contribution in [-0.2, 0) is 4.74 Å². The van der Waals surface area contributed by atoms with Crippen molar-refractivity contribution in [2.75, 3.05) is 31.6 Å². The summed E-state index contributed by atoms with van der Waals surface area (Å²) >= 11 is 0. The van der Waals surface area contributed by atoms with E-state index in [0.29, 0.717) is 43.3 Å². The number of amides is 2. The van der Waals surface area contributed by atoms with Gasteiger partial charge in [0.25, 0.3) is 0 Å². The molecule has 1 aromatic rings. The largest absolute Gasteiger partial charge is 0.490 e. The molecule has 1 atom stereocenters. The molecule has 1 fully saturated rings. The summed E-state index contributed by atoms with van der Waals surface area (Å²) in [6, 6.07) is 4.90. The third kappa shape index (κ3) is 4.21. The van der Waals surface area contributed by atoms with E-state index >= 15 is 0 Å². The van der Waals surface area contributed by atoms with E-state index in [0.717, 1.165) is 0 Å². The van der Waals surface area contributed by atoms with Gasteiger partial charge < -0.3 is 19.7 Å².